The number of hydrogen-bond donors (Lipinski definition) is 4. The number of carbonyl (C=O) groups is 2. The van der Waals surface area contributed by atoms with Crippen LogP contribution in [0.4, 0.5) is 0 Å². The molecule has 0 aliphatic rings. The van der Waals surface area contributed by atoms with E-state index < -0.39 is 34.6 Å². The smallest absolute Gasteiger partial charge is 0.167 e. The van der Waals surface area contributed by atoms with Crippen molar-refractivity contribution in [2.45, 2.75) is 20.3 Å². The first-order valence-corrected chi connectivity index (χ1v) is 7.89. The van der Waals surface area contributed by atoms with E-state index in [1.165, 1.54) is 28.1 Å². The summed E-state index contributed by atoms with van der Waals surface area (Å²) in [4.78, 5) is 23.7. The first-order chi connectivity index (χ1) is 12.6. The zero-order valence-electron chi connectivity index (χ0n) is 15.3. The lowest BCUT2D eigenvalue weighted by molar-refractivity contribution is 0.0998. The van der Waals surface area contributed by atoms with Crippen molar-refractivity contribution in [2.75, 3.05) is 14.2 Å². The Morgan fingerprint density at radius 2 is 1.11 bits per heavy atom. The molecular weight excluding hydrogens is 356 g/mol. The maximum absolute atomic E-state index is 11.8. The highest BCUT2D eigenvalue weighted by molar-refractivity contribution is 6.01. The minimum absolute atomic E-state index is 0.0196. The van der Waals surface area contributed by atoms with Crippen molar-refractivity contribution in [1.29, 1.82) is 0 Å². The molecule has 0 aliphatic heterocycles. The Bertz CT molecular complexity index is 855. The summed E-state index contributed by atoms with van der Waals surface area (Å²) in [5.74, 6) is -2.95. The number of hydrogen-bond acceptors (Lipinski definition) is 8. The maximum atomic E-state index is 11.8. The molecule has 0 atom stereocenters. The molecule has 4 N–H and O–H groups in total. The number of benzene rings is 2. The summed E-state index contributed by atoms with van der Waals surface area (Å²) in [5.41, 5.74) is -0.535. The van der Waals surface area contributed by atoms with Crippen molar-refractivity contribution in [1.82, 2.24) is 0 Å². The molecule has 0 amide bonds. The van der Waals surface area contributed by atoms with E-state index in [4.69, 9.17) is 9.47 Å². The second-order valence-corrected chi connectivity index (χ2v) is 5.89. The highest BCUT2D eigenvalue weighted by Crippen LogP contribution is 2.44. The highest BCUT2D eigenvalue weighted by Gasteiger charge is 2.26. The van der Waals surface area contributed by atoms with Gasteiger partial charge in [0.05, 0.1) is 14.2 Å². The molecular formula is C19H20O8. The molecule has 0 radical (unpaired) electrons. The van der Waals surface area contributed by atoms with E-state index in [0.717, 1.165) is 12.1 Å². The molecule has 0 bridgehead atoms. The quantitative estimate of drug-likeness (QED) is 0.565. The first kappa shape index (κ1) is 19.9. The highest BCUT2D eigenvalue weighted by atomic mass is 16.5. The zero-order chi connectivity index (χ0) is 20.5. The summed E-state index contributed by atoms with van der Waals surface area (Å²) < 4.78 is 10.0. The number of ketones is 2. The third-order valence-electron chi connectivity index (χ3n) is 4.19. The molecule has 2 rings (SSSR count). The summed E-state index contributed by atoms with van der Waals surface area (Å²) in [6.45, 7) is 2.43. The fourth-order valence-electron chi connectivity index (χ4n) is 2.87. The summed E-state index contributed by atoms with van der Waals surface area (Å²) in [7, 11) is 2.56. The summed E-state index contributed by atoms with van der Waals surface area (Å²) in [5, 5.41) is 41.4. The molecule has 8 nitrogen and oxygen atoms in total. The van der Waals surface area contributed by atoms with Gasteiger partial charge in [-0.15, -0.1) is 0 Å². The van der Waals surface area contributed by atoms with E-state index in [1.54, 1.807) is 0 Å². The van der Waals surface area contributed by atoms with Gasteiger partial charge in [0.1, 0.15) is 45.6 Å². The Hall–Kier alpha value is -3.42. The first-order valence-electron chi connectivity index (χ1n) is 7.89. The van der Waals surface area contributed by atoms with E-state index in [9.17, 15) is 30.0 Å². The van der Waals surface area contributed by atoms with Crippen LogP contribution in [0.3, 0.4) is 0 Å². The van der Waals surface area contributed by atoms with Crippen LogP contribution >= 0.6 is 0 Å². The molecule has 27 heavy (non-hydrogen) atoms. The number of Topliss-reactive ketones (excluding diaryl/α,β-unsaturated/α-hetero) is 2. The van der Waals surface area contributed by atoms with Gasteiger partial charge in [0.25, 0.3) is 0 Å². The summed E-state index contributed by atoms with van der Waals surface area (Å²) in [6.07, 6.45) is -0.357. The third kappa shape index (κ3) is 3.46. The standard InChI is InChI=1S/C19H20O8/c1-8(20)16-14(26-3)6-12(22)10(18(16)24)5-11-13(23)7-15(27-4)17(9(2)21)19(11)25/h6-7,22-25H,5H2,1-4H3. The van der Waals surface area contributed by atoms with E-state index >= 15 is 0 Å². The van der Waals surface area contributed by atoms with Crippen molar-refractivity contribution in [3.63, 3.8) is 0 Å². The number of phenols is 4. The molecule has 2 aromatic rings. The lowest BCUT2D eigenvalue weighted by Crippen LogP contribution is -2.04. The van der Waals surface area contributed by atoms with E-state index in [-0.39, 0.29) is 40.2 Å². The average molecular weight is 376 g/mol. The molecule has 0 heterocycles. The van der Waals surface area contributed by atoms with Gasteiger partial charge in [-0.25, -0.2) is 0 Å². The van der Waals surface area contributed by atoms with Gasteiger partial charge in [-0.05, 0) is 13.8 Å². The molecule has 8 heteroatoms. The molecule has 0 saturated carbocycles. The van der Waals surface area contributed by atoms with Crippen LogP contribution in [-0.4, -0.2) is 46.2 Å². The van der Waals surface area contributed by atoms with Crippen LogP contribution in [0.5, 0.6) is 34.5 Å². The number of rotatable bonds is 6. The Morgan fingerprint density at radius 3 is 1.37 bits per heavy atom. The predicted molar refractivity (Wildman–Crippen MR) is 95.5 cm³/mol. The maximum Gasteiger partial charge on any atom is 0.167 e. The van der Waals surface area contributed by atoms with Crippen LogP contribution in [0.1, 0.15) is 45.7 Å². The summed E-state index contributed by atoms with van der Waals surface area (Å²) >= 11 is 0. The molecule has 144 valence electrons. The van der Waals surface area contributed by atoms with Gasteiger partial charge in [0.15, 0.2) is 11.6 Å². The fourth-order valence-corrected chi connectivity index (χ4v) is 2.87. The Balaban J connectivity index is 2.71. The molecule has 0 aromatic heterocycles. The van der Waals surface area contributed by atoms with Crippen molar-refractivity contribution in [3.05, 3.63) is 34.4 Å². The van der Waals surface area contributed by atoms with E-state index in [1.807, 2.05) is 0 Å². The van der Waals surface area contributed by atoms with Crippen LogP contribution in [-0.2, 0) is 6.42 Å². The Labute approximate surface area is 155 Å². The minimum atomic E-state index is -0.543. The zero-order valence-corrected chi connectivity index (χ0v) is 15.3. The van der Waals surface area contributed by atoms with Gasteiger partial charge in [0, 0.05) is 29.7 Å². The topological polar surface area (TPSA) is 134 Å². The van der Waals surface area contributed by atoms with Crippen LogP contribution in [0.15, 0.2) is 12.1 Å². The van der Waals surface area contributed by atoms with Crippen LogP contribution < -0.4 is 9.47 Å². The molecule has 0 fully saturated rings. The van der Waals surface area contributed by atoms with Gasteiger partial charge in [-0.1, -0.05) is 0 Å². The molecule has 0 unspecified atom stereocenters. The molecule has 0 spiro atoms. The number of phenolic OH excluding ortho intramolecular Hbond substituents is 4. The van der Waals surface area contributed by atoms with Gasteiger partial charge in [-0.3, -0.25) is 9.59 Å². The predicted octanol–water partition coefficient (Wildman–Crippen LogP) is 2.52. The molecule has 2 aromatic carbocycles. The average Bonchev–Trinajstić information content (AvgIpc) is 2.58. The molecule has 0 aliphatic carbocycles. The van der Waals surface area contributed by atoms with Crippen LogP contribution in [0.2, 0.25) is 0 Å². The van der Waals surface area contributed by atoms with Gasteiger partial charge in [0.2, 0.25) is 0 Å². The number of carbonyl (C=O) groups excluding carboxylic acids is 2. The van der Waals surface area contributed by atoms with Gasteiger partial charge >= 0.3 is 0 Å². The van der Waals surface area contributed by atoms with Crippen molar-refractivity contribution >= 4 is 11.6 Å². The number of methoxy groups -OCH3 is 2. The largest absolute Gasteiger partial charge is 0.507 e. The van der Waals surface area contributed by atoms with Crippen LogP contribution in [0, 0.1) is 0 Å². The fraction of sp³-hybridized carbons (Fsp3) is 0.263. The van der Waals surface area contributed by atoms with Gasteiger partial charge in [-0.2, -0.15) is 0 Å². The van der Waals surface area contributed by atoms with Gasteiger partial charge < -0.3 is 29.9 Å². The van der Waals surface area contributed by atoms with Crippen molar-refractivity contribution in [2.24, 2.45) is 0 Å². The Kier molecular flexibility index (Phi) is 5.49. The second kappa shape index (κ2) is 7.45. The second-order valence-electron chi connectivity index (χ2n) is 5.89. The Morgan fingerprint density at radius 1 is 0.778 bits per heavy atom. The summed E-state index contributed by atoms with van der Waals surface area (Å²) in [6, 6.07) is 2.30. The SMILES string of the molecule is COc1cc(O)c(Cc2c(O)cc(OC)c(C(C)=O)c2O)c(O)c1C(C)=O. The van der Waals surface area contributed by atoms with Crippen molar-refractivity contribution < 1.29 is 39.5 Å². The monoisotopic (exact) mass is 376 g/mol. The normalized spacial score (nSPS) is 10.5. The lowest BCUT2D eigenvalue weighted by atomic mass is 9.94. The van der Waals surface area contributed by atoms with Crippen LogP contribution in [0.25, 0.3) is 0 Å². The minimum Gasteiger partial charge on any atom is -0.507 e. The van der Waals surface area contributed by atoms with E-state index in [2.05, 4.69) is 0 Å². The number of ether oxygens (including phenoxy) is 2. The number of aromatic hydroxyl groups is 4. The lowest BCUT2D eigenvalue weighted by Gasteiger charge is -2.17. The van der Waals surface area contributed by atoms with E-state index in [0.29, 0.717) is 0 Å². The van der Waals surface area contributed by atoms with Crippen molar-refractivity contribution in [3.8, 4) is 34.5 Å². The third-order valence-corrected chi connectivity index (χ3v) is 4.19. The molecule has 0 saturated heterocycles.